The van der Waals surface area contributed by atoms with E-state index in [4.69, 9.17) is 0 Å². The SMILES string of the molecule is O=C(NCc1cnn(-c2ccccc2)c1)c1ccc(N2CCCC2)c([N+](=O)[O-])c1. The molecule has 1 saturated heterocycles. The predicted molar refractivity (Wildman–Crippen MR) is 109 cm³/mol. The van der Waals surface area contributed by atoms with Gasteiger partial charge in [-0.3, -0.25) is 14.9 Å². The quantitative estimate of drug-likeness (QED) is 0.514. The summed E-state index contributed by atoms with van der Waals surface area (Å²) in [6.45, 7) is 1.89. The van der Waals surface area contributed by atoms with Crippen LogP contribution in [0.25, 0.3) is 5.69 Å². The number of nitro groups is 1. The van der Waals surface area contributed by atoms with Gasteiger partial charge in [-0.05, 0) is 37.1 Å². The largest absolute Gasteiger partial charge is 0.366 e. The molecule has 1 aliphatic heterocycles. The molecule has 1 fully saturated rings. The number of amides is 1. The van der Waals surface area contributed by atoms with Gasteiger partial charge in [-0.25, -0.2) is 4.68 Å². The van der Waals surface area contributed by atoms with Gasteiger partial charge in [0, 0.05) is 43.0 Å². The molecule has 8 nitrogen and oxygen atoms in total. The van der Waals surface area contributed by atoms with Crippen molar-refractivity contribution in [1.82, 2.24) is 15.1 Å². The molecule has 1 amide bonds. The summed E-state index contributed by atoms with van der Waals surface area (Å²) in [6.07, 6.45) is 5.58. The molecule has 1 aliphatic rings. The number of carbonyl (C=O) groups excluding carboxylic acids is 1. The summed E-state index contributed by atoms with van der Waals surface area (Å²) in [5.74, 6) is -0.353. The molecular weight excluding hydrogens is 370 g/mol. The molecule has 0 bridgehead atoms. The molecule has 0 aliphatic carbocycles. The second-order valence-electron chi connectivity index (χ2n) is 6.97. The number of rotatable bonds is 6. The molecule has 148 valence electrons. The zero-order valence-corrected chi connectivity index (χ0v) is 15.8. The Morgan fingerprint density at radius 3 is 2.62 bits per heavy atom. The molecule has 0 atom stereocenters. The average Bonchev–Trinajstić information content (AvgIpc) is 3.44. The minimum Gasteiger partial charge on any atom is -0.366 e. The van der Waals surface area contributed by atoms with Crippen LogP contribution in [0.15, 0.2) is 60.9 Å². The monoisotopic (exact) mass is 391 g/mol. The molecule has 3 aromatic rings. The summed E-state index contributed by atoms with van der Waals surface area (Å²) in [4.78, 5) is 25.6. The Bertz CT molecular complexity index is 1030. The fourth-order valence-corrected chi connectivity index (χ4v) is 3.49. The minimum absolute atomic E-state index is 0.0311. The van der Waals surface area contributed by atoms with Crippen molar-refractivity contribution in [1.29, 1.82) is 0 Å². The number of hydrogen-bond donors (Lipinski definition) is 1. The van der Waals surface area contributed by atoms with E-state index in [1.807, 2.05) is 41.4 Å². The summed E-state index contributed by atoms with van der Waals surface area (Å²) < 4.78 is 1.73. The fraction of sp³-hybridized carbons (Fsp3) is 0.238. The maximum absolute atomic E-state index is 12.5. The third kappa shape index (κ3) is 4.11. The van der Waals surface area contributed by atoms with E-state index < -0.39 is 4.92 Å². The van der Waals surface area contributed by atoms with Crippen LogP contribution in [0.3, 0.4) is 0 Å². The second kappa shape index (κ2) is 8.14. The van der Waals surface area contributed by atoms with E-state index >= 15 is 0 Å². The Labute approximate surface area is 167 Å². The first-order valence-corrected chi connectivity index (χ1v) is 9.52. The number of anilines is 1. The lowest BCUT2D eigenvalue weighted by molar-refractivity contribution is -0.384. The molecule has 1 aromatic heterocycles. The van der Waals surface area contributed by atoms with Crippen molar-refractivity contribution < 1.29 is 9.72 Å². The van der Waals surface area contributed by atoms with Crippen LogP contribution in [0.5, 0.6) is 0 Å². The highest BCUT2D eigenvalue weighted by Gasteiger charge is 2.23. The van der Waals surface area contributed by atoms with Crippen LogP contribution in [-0.2, 0) is 6.54 Å². The van der Waals surface area contributed by atoms with Crippen molar-refractivity contribution in [3.05, 3.63) is 82.2 Å². The van der Waals surface area contributed by atoms with Crippen LogP contribution in [0.4, 0.5) is 11.4 Å². The smallest absolute Gasteiger partial charge is 0.293 e. The Morgan fingerprint density at radius 1 is 1.14 bits per heavy atom. The number of carbonyl (C=O) groups is 1. The summed E-state index contributed by atoms with van der Waals surface area (Å²) in [5.41, 5.74) is 2.59. The number of nitrogens with zero attached hydrogens (tertiary/aromatic N) is 4. The van der Waals surface area contributed by atoms with Crippen LogP contribution < -0.4 is 10.2 Å². The molecule has 2 heterocycles. The topological polar surface area (TPSA) is 93.3 Å². The predicted octanol–water partition coefficient (Wildman–Crippen LogP) is 3.31. The molecule has 4 rings (SSSR count). The zero-order valence-electron chi connectivity index (χ0n) is 15.8. The van der Waals surface area contributed by atoms with Crippen molar-refractivity contribution >= 4 is 17.3 Å². The first-order valence-electron chi connectivity index (χ1n) is 9.52. The molecule has 29 heavy (non-hydrogen) atoms. The Balaban J connectivity index is 1.45. The van der Waals surface area contributed by atoms with Crippen LogP contribution in [0.2, 0.25) is 0 Å². The van der Waals surface area contributed by atoms with Crippen LogP contribution in [0.1, 0.15) is 28.8 Å². The lowest BCUT2D eigenvalue weighted by atomic mass is 10.1. The Hall–Kier alpha value is -3.68. The van der Waals surface area contributed by atoms with E-state index in [-0.39, 0.29) is 23.7 Å². The maximum atomic E-state index is 12.5. The molecule has 2 aromatic carbocycles. The van der Waals surface area contributed by atoms with Gasteiger partial charge in [0.05, 0.1) is 16.8 Å². The van der Waals surface area contributed by atoms with Gasteiger partial charge in [0.25, 0.3) is 11.6 Å². The van der Waals surface area contributed by atoms with E-state index in [0.717, 1.165) is 37.2 Å². The van der Waals surface area contributed by atoms with Gasteiger partial charge in [-0.1, -0.05) is 18.2 Å². The zero-order chi connectivity index (χ0) is 20.2. The minimum atomic E-state index is -0.422. The van der Waals surface area contributed by atoms with Gasteiger partial charge in [0.15, 0.2) is 0 Å². The molecule has 0 spiro atoms. The van der Waals surface area contributed by atoms with Gasteiger partial charge < -0.3 is 10.2 Å². The van der Waals surface area contributed by atoms with Crippen LogP contribution in [-0.4, -0.2) is 33.7 Å². The standard InChI is InChI=1S/C21H21N5O3/c27-21(22-13-16-14-23-25(15-16)18-6-2-1-3-7-18)17-8-9-19(20(12-17)26(28)29)24-10-4-5-11-24/h1-3,6-9,12,14-15H,4-5,10-11,13H2,(H,22,27). The average molecular weight is 391 g/mol. The molecule has 1 N–H and O–H groups in total. The number of nitrogens with one attached hydrogen (secondary N) is 1. The number of hydrogen-bond acceptors (Lipinski definition) is 5. The molecule has 8 heteroatoms. The second-order valence-corrected chi connectivity index (χ2v) is 6.97. The summed E-state index contributed by atoms with van der Waals surface area (Å²) in [6, 6.07) is 14.3. The molecule has 0 radical (unpaired) electrons. The lowest BCUT2D eigenvalue weighted by Crippen LogP contribution is -2.23. The van der Waals surface area contributed by atoms with Crippen molar-refractivity contribution in [2.75, 3.05) is 18.0 Å². The van der Waals surface area contributed by atoms with E-state index in [9.17, 15) is 14.9 Å². The van der Waals surface area contributed by atoms with Crippen molar-refractivity contribution in [2.24, 2.45) is 0 Å². The summed E-state index contributed by atoms with van der Waals surface area (Å²) in [5, 5.41) is 18.6. The Morgan fingerprint density at radius 2 is 1.90 bits per heavy atom. The van der Waals surface area contributed by atoms with Gasteiger partial charge in [0.2, 0.25) is 0 Å². The van der Waals surface area contributed by atoms with Gasteiger partial charge in [-0.15, -0.1) is 0 Å². The number of nitro benzene ring substituents is 1. The molecular formula is C21H21N5O3. The first kappa shape index (κ1) is 18.7. The normalized spacial score (nSPS) is 13.4. The van der Waals surface area contributed by atoms with Gasteiger partial charge in [-0.2, -0.15) is 5.10 Å². The number of para-hydroxylation sites is 1. The third-order valence-electron chi connectivity index (χ3n) is 4.99. The highest BCUT2D eigenvalue weighted by Crippen LogP contribution is 2.31. The van der Waals surface area contributed by atoms with Crippen molar-refractivity contribution in [3.8, 4) is 5.69 Å². The Kier molecular flexibility index (Phi) is 5.24. The van der Waals surface area contributed by atoms with Crippen LogP contribution in [0, 0.1) is 10.1 Å². The molecule has 0 unspecified atom stereocenters. The van der Waals surface area contributed by atoms with Crippen molar-refractivity contribution in [2.45, 2.75) is 19.4 Å². The van der Waals surface area contributed by atoms with E-state index in [2.05, 4.69) is 10.4 Å². The van der Waals surface area contributed by atoms with Crippen LogP contribution >= 0.6 is 0 Å². The van der Waals surface area contributed by atoms with Gasteiger partial charge >= 0.3 is 0 Å². The van der Waals surface area contributed by atoms with Gasteiger partial charge in [0.1, 0.15) is 5.69 Å². The number of benzene rings is 2. The van der Waals surface area contributed by atoms with Crippen molar-refractivity contribution in [3.63, 3.8) is 0 Å². The third-order valence-corrected chi connectivity index (χ3v) is 4.99. The van der Waals surface area contributed by atoms with E-state index in [1.165, 1.54) is 6.07 Å². The van der Waals surface area contributed by atoms with E-state index in [0.29, 0.717) is 5.69 Å². The maximum Gasteiger partial charge on any atom is 0.293 e. The lowest BCUT2D eigenvalue weighted by Gasteiger charge is -2.17. The molecule has 0 saturated carbocycles. The fourth-order valence-electron chi connectivity index (χ4n) is 3.49. The number of aromatic nitrogens is 2. The summed E-state index contributed by atoms with van der Waals surface area (Å²) in [7, 11) is 0. The van der Waals surface area contributed by atoms with E-state index in [1.54, 1.807) is 23.0 Å². The summed E-state index contributed by atoms with van der Waals surface area (Å²) >= 11 is 0. The highest BCUT2D eigenvalue weighted by atomic mass is 16.6. The highest BCUT2D eigenvalue weighted by molar-refractivity contribution is 5.95. The first-order chi connectivity index (χ1) is 14.1.